The summed E-state index contributed by atoms with van der Waals surface area (Å²) < 4.78 is 31.1. The number of halogens is 1. The molecule has 152 valence electrons. The zero-order valence-corrected chi connectivity index (χ0v) is 18.3. The van der Waals surface area contributed by atoms with Gasteiger partial charge in [0.2, 0.25) is 15.9 Å². The fraction of sp³-hybridized carbons (Fsp3) is 0.611. The van der Waals surface area contributed by atoms with Gasteiger partial charge in [-0.2, -0.15) is 11.8 Å². The molecule has 0 aliphatic heterocycles. The zero-order chi connectivity index (χ0) is 20.0. The lowest BCUT2D eigenvalue weighted by Crippen LogP contribution is -2.48. The topological polar surface area (TPSA) is 75.7 Å². The number of amides is 1. The first-order valence-corrected chi connectivity index (χ1v) is 12.2. The minimum atomic E-state index is -3.73. The molecule has 9 heteroatoms. The lowest BCUT2D eigenvalue weighted by atomic mass is 10.2. The first-order chi connectivity index (χ1) is 12.7. The van der Waals surface area contributed by atoms with E-state index in [1.54, 1.807) is 19.1 Å². The Balaban J connectivity index is 2.07. The Morgan fingerprint density at radius 3 is 2.67 bits per heavy atom. The van der Waals surface area contributed by atoms with Crippen LogP contribution < -0.4 is 14.4 Å². The Kier molecular flexibility index (Phi) is 8.12. The van der Waals surface area contributed by atoms with Gasteiger partial charge in [-0.15, -0.1) is 0 Å². The average Bonchev–Trinajstić information content (AvgIpc) is 3.11. The Morgan fingerprint density at radius 2 is 2.07 bits per heavy atom. The predicted octanol–water partition coefficient (Wildman–Crippen LogP) is 3.30. The zero-order valence-electron chi connectivity index (χ0n) is 15.9. The summed E-state index contributed by atoms with van der Waals surface area (Å²) in [7, 11) is -2.28. The van der Waals surface area contributed by atoms with Crippen LogP contribution in [0.5, 0.6) is 5.75 Å². The summed E-state index contributed by atoms with van der Waals surface area (Å²) in [5.74, 6) is 0.804. The van der Waals surface area contributed by atoms with Crippen LogP contribution in [0, 0.1) is 0 Å². The SMILES string of the molecule is COc1ccc(Cl)cc1N([C@@H](C)C(=O)NCCSC1CCCC1)S(C)(=O)=O. The number of nitrogens with one attached hydrogen (secondary N) is 1. The molecule has 0 bridgehead atoms. The molecule has 1 N–H and O–H groups in total. The highest BCUT2D eigenvalue weighted by Gasteiger charge is 2.31. The Labute approximate surface area is 171 Å². The van der Waals surface area contributed by atoms with Crippen molar-refractivity contribution in [3.8, 4) is 5.75 Å². The maximum atomic E-state index is 12.6. The molecule has 0 aromatic heterocycles. The third-order valence-electron chi connectivity index (χ3n) is 4.52. The van der Waals surface area contributed by atoms with Crippen molar-refractivity contribution in [1.82, 2.24) is 5.32 Å². The van der Waals surface area contributed by atoms with Gasteiger partial charge in [-0.05, 0) is 38.0 Å². The molecule has 0 heterocycles. The molecular formula is C18H27ClN2O4S2. The molecule has 6 nitrogen and oxygen atoms in total. The quantitative estimate of drug-likeness (QED) is 0.603. The van der Waals surface area contributed by atoms with Crippen LogP contribution in [0.2, 0.25) is 5.02 Å². The van der Waals surface area contributed by atoms with Gasteiger partial charge in [-0.3, -0.25) is 9.10 Å². The number of sulfonamides is 1. The van der Waals surface area contributed by atoms with Crippen LogP contribution in [-0.2, 0) is 14.8 Å². The summed E-state index contributed by atoms with van der Waals surface area (Å²) in [6, 6.07) is 3.75. The highest BCUT2D eigenvalue weighted by molar-refractivity contribution is 7.99. The number of anilines is 1. The van der Waals surface area contributed by atoms with Crippen molar-refractivity contribution in [3.05, 3.63) is 23.2 Å². The van der Waals surface area contributed by atoms with Gasteiger partial charge in [0.05, 0.1) is 19.1 Å². The van der Waals surface area contributed by atoms with E-state index < -0.39 is 16.1 Å². The maximum Gasteiger partial charge on any atom is 0.243 e. The number of hydrogen-bond donors (Lipinski definition) is 1. The minimum Gasteiger partial charge on any atom is -0.495 e. The largest absolute Gasteiger partial charge is 0.495 e. The molecule has 1 atom stereocenters. The lowest BCUT2D eigenvalue weighted by molar-refractivity contribution is -0.121. The fourth-order valence-electron chi connectivity index (χ4n) is 3.22. The van der Waals surface area contributed by atoms with E-state index in [1.165, 1.54) is 38.9 Å². The standard InChI is InChI=1S/C18H27ClN2O4S2/c1-13(18(22)20-10-11-26-15-6-4-5-7-15)21(27(3,23)24)16-12-14(19)8-9-17(16)25-2/h8-9,12-13,15H,4-7,10-11H2,1-3H3,(H,20,22)/t13-/m0/s1. The second-order valence-corrected chi connectivity index (χ2v) is 10.3. The van der Waals surface area contributed by atoms with E-state index in [-0.39, 0.29) is 11.6 Å². The monoisotopic (exact) mass is 434 g/mol. The number of carbonyl (C=O) groups excluding carboxylic acids is 1. The molecule has 1 aromatic rings. The molecule has 0 radical (unpaired) electrons. The molecule has 1 amide bonds. The van der Waals surface area contributed by atoms with Gasteiger partial charge in [-0.1, -0.05) is 24.4 Å². The highest BCUT2D eigenvalue weighted by atomic mass is 35.5. The van der Waals surface area contributed by atoms with Gasteiger partial charge >= 0.3 is 0 Å². The number of carbonyl (C=O) groups is 1. The molecule has 0 spiro atoms. The Bertz CT molecular complexity index is 752. The van der Waals surface area contributed by atoms with Crippen molar-refractivity contribution >= 4 is 45.0 Å². The van der Waals surface area contributed by atoms with E-state index in [0.717, 1.165) is 16.3 Å². The summed E-state index contributed by atoms with van der Waals surface area (Å²) in [5, 5.41) is 3.89. The molecule has 1 fully saturated rings. The van der Waals surface area contributed by atoms with Crippen molar-refractivity contribution < 1.29 is 17.9 Å². The van der Waals surface area contributed by atoms with E-state index in [1.807, 2.05) is 11.8 Å². The smallest absolute Gasteiger partial charge is 0.243 e. The molecule has 1 aromatic carbocycles. The molecule has 27 heavy (non-hydrogen) atoms. The van der Waals surface area contributed by atoms with Crippen LogP contribution in [0.4, 0.5) is 5.69 Å². The molecule has 1 aliphatic rings. The molecular weight excluding hydrogens is 408 g/mol. The van der Waals surface area contributed by atoms with E-state index >= 15 is 0 Å². The molecule has 0 saturated heterocycles. The number of ether oxygens (including phenoxy) is 1. The Morgan fingerprint density at radius 1 is 1.41 bits per heavy atom. The summed E-state index contributed by atoms with van der Waals surface area (Å²) in [6.45, 7) is 2.06. The van der Waals surface area contributed by atoms with E-state index in [4.69, 9.17) is 16.3 Å². The van der Waals surface area contributed by atoms with Gasteiger partial charge in [0.15, 0.2) is 0 Å². The van der Waals surface area contributed by atoms with Crippen LogP contribution in [0.3, 0.4) is 0 Å². The predicted molar refractivity (Wildman–Crippen MR) is 113 cm³/mol. The van der Waals surface area contributed by atoms with Gasteiger partial charge < -0.3 is 10.1 Å². The first-order valence-electron chi connectivity index (χ1n) is 8.96. The number of rotatable bonds is 9. The number of methoxy groups -OCH3 is 1. The first kappa shape index (κ1) is 22.2. The van der Waals surface area contributed by atoms with Gasteiger partial charge in [0.1, 0.15) is 11.8 Å². The summed E-state index contributed by atoms with van der Waals surface area (Å²) in [6.07, 6.45) is 6.11. The summed E-state index contributed by atoms with van der Waals surface area (Å²) in [4.78, 5) is 12.6. The van der Waals surface area contributed by atoms with Gasteiger partial charge in [0, 0.05) is 22.6 Å². The van der Waals surface area contributed by atoms with E-state index in [2.05, 4.69) is 5.32 Å². The van der Waals surface area contributed by atoms with Gasteiger partial charge in [-0.25, -0.2) is 8.42 Å². The lowest BCUT2D eigenvalue weighted by Gasteiger charge is -2.29. The summed E-state index contributed by atoms with van der Waals surface area (Å²) in [5.41, 5.74) is 0.246. The number of nitrogens with zero attached hydrogens (tertiary/aromatic N) is 1. The van der Waals surface area contributed by atoms with Crippen LogP contribution in [0.15, 0.2) is 18.2 Å². The van der Waals surface area contributed by atoms with Crippen LogP contribution >= 0.6 is 23.4 Å². The molecule has 1 aliphatic carbocycles. The van der Waals surface area contributed by atoms with Crippen molar-refractivity contribution in [1.29, 1.82) is 0 Å². The van der Waals surface area contributed by atoms with Crippen LogP contribution in [-0.4, -0.2) is 51.3 Å². The molecule has 2 rings (SSSR count). The maximum absolute atomic E-state index is 12.6. The van der Waals surface area contributed by atoms with Gasteiger partial charge in [0.25, 0.3) is 0 Å². The number of thioether (sulfide) groups is 1. The minimum absolute atomic E-state index is 0.246. The van der Waals surface area contributed by atoms with Crippen molar-refractivity contribution in [2.75, 3.05) is 30.0 Å². The molecule has 1 saturated carbocycles. The fourth-order valence-corrected chi connectivity index (χ4v) is 5.78. The highest BCUT2D eigenvalue weighted by Crippen LogP contribution is 2.34. The second-order valence-electron chi connectivity index (χ2n) is 6.62. The van der Waals surface area contributed by atoms with Crippen LogP contribution in [0.1, 0.15) is 32.6 Å². The third-order valence-corrected chi connectivity index (χ3v) is 7.37. The van der Waals surface area contributed by atoms with Crippen LogP contribution in [0.25, 0.3) is 0 Å². The van der Waals surface area contributed by atoms with E-state index in [9.17, 15) is 13.2 Å². The Hall–Kier alpha value is -1.12. The second kappa shape index (κ2) is 9.89. The summed E-state index contributed by atoms with van der Waals surface area (Å²) >= 11 is 7.91. The average molecular weight is 435 g/mol. The normalized spacial score (nSPS) is 16.1. The van der Waals surface area contributed by atoms with Crippen molar-refractivity contribution in [3.63, 3.8) is 0 Å². The van der Waals surface area contributed by atoms with E-state index in [0.29, 0.717) is 22.6 Å². The number of hydrogen-bond acceptors (Lipinski definition) is 5. The molecule has 0 unspecified atom stereocenters. The van der Waals surface area contributed by atoms with Crippen molar-refractivity contribution in [2.45, 2.75) is 43.9 Å². The van der Waals surface area contributed by atoms with Crippen molar-refractivity contribution in [2.24, 2.45) is 0 Å². The number of benzene rings is 1. The third kappa shape index (κ3) is 6.19.